The van der Waals surface area contributed by atoms with E-state index < -0.39 is 0 Å². The molecule has 0 unspecified atom stereocenters. The third-order valence-electron chi connectivity index (χ3n) is 4.00. The number of anilines is 2. The van der Waals surface area contributed by atoms with Gasteiger partial charge in [0.15, 0.2) is 0 Å². The van der Waals surface area contributed by atoms with E-state index in [4.69, 9.17) is 5.73 Å². The Balaban J connectivity index is 2.32. The zero-order valence-electron chi connectivity index (χ0n) is 12.6. The second-order valence-electron chi connectivity index (χ2n) is 5.30. The predicted octanol–water partition coefficient (Wildman–Crippen LogP) is 2.74. The van der Waals surface area contributed by atoms with E-state index >= 15 is 0 Å². The van der Waals surface area contributed by atoms with E-state index in [0.717, 1.165) is 50.3 Å². The molecule has 0 spiro atoms. The maximum absolute atomic E-state index is 12.8. The molecule has 1 aromatic carbocycles. The van der Waals surface area contributed by atoms with Crippen molar-refractivity contribution in [2.45, 2.75) is 33.1 Å². The Morgan fingerprint density at radius 3 is 2.45 bits per heavy atom. The van der Waals surface area contributed by atoms with Gasteiger partial charge in [-0.2, -0.15) is 0 Å². The van der Waals surface area contributed by atoms with Crippen molar-refractivity contribution in [2.24, 2.45) is 0 Å². The molecule has 4 nitrogen and oxygen atoms in total. The van der Waals surface area contributed by atoms with Crippen LogP contribution in [-0.2, 0) is 0 Å². The van der Waals surface area contributed by atoms with Crippen molar-refractivity contribution in [3.8, 4) is 0 Å². The molecular weight excluding hydrogens is 250 g/mol. The average molecular weight is 275 g/mol. The Morgan fingerprint density at radius 2 is 1.85 bits per heavy atom. The Kier molecular flexibility index (Phi) is 4.88. The van der Waals surface area contributed by atoms with Crippen LogP contribution in [-0.4, -0.2) is 37.0 Å². The molecule has 1 fully saturated rings. The largest absolute Gasteiger partial charge is 0.399 e. The lowest BCUT2D eigenvalue weighted by Gasteiger charge is -2.30. The summed E-state index contributed by atoms with van der Waals surface area (Å²) in [4.78, 5) is 16.9. The maximum Gasteiger partial charge on any atom is 0.256 e. The van der Waals surface area contributed by atoms with Crippen molar-refractivity contribution in [1.29, 1.82) is 0 Å². The molecule has 0 aliphatic carbocycles. The van der Waals surface area contributed by atoms with Gasteiger partial charge in [0.1, 0.15) is 0 Å². The minimum atomic E-state index is 0.124. The number of amides is 1. The molecule has 1 aromatic rings. The van der Waals surface area contributed by atoms with E-state index in [0.29, 0.717) is 5.69 Å². The molecule has 2 N–H and O–H groups in total. The number of nitrogens with two attached hydrogens (primary N) is 1. The molecule has 0 atom stereocenters. The van der Waals surface area contributed by atoms with Crippen LogP contribution in [0.1, 0.15) is 43.5 Å². The zero-order valence-corrected chi connectivity index (χ0v) is 12.6. The highest BCUT2D eigenvalue weighted by Crippen LogP contribution is 2.25. The van der Waals surface area contributed by atoms with Gasteiger partial charge in [-0.25, -0.2) is 0 Å². The number of nitrogen functional groups attached to an aromatic ring is 1. The van der Waals surface area contributed by atoms with Crippen LogP contribution in [0.25, 0.3) is 0 Å². The second-order valence-corrected chi connectivity index (χ2v) is 5.30. The molecule has 4 heteroatoms. The van der Waals surface area contributed by atoms with Gasteiger partial charge in [-0.05, 0) is 51.3 Å². The summed E-state index contributed by atoms with van der Waals surface area (Å²) in [5.74, 6) is 0.124. The predicted molar refractivity (Wildman–Crippen MR) is 84.2 cm³/mol. The van der Waals surface area contributed by atoms with Gasteiger partial charge < -0.3 is 15.5 Å². The molecule has 0 bridgehead atoms. The summed E-state index contributed by atoms with van der Waals surface area (Å²) >= 11 is 0. The first-order valence-corrected chi connectivity index (χ1v) is 7.61. The van der Waals surface area contributed by atoms with Crippen LogP contribution in [0.15, 0.2) is 18.2 Å². The third kappa shape index (κ3) is 3.06. The fourth-order valence-corrected chi connectivity index (χ4v) is 2.83. The van der Waals surface area contributed by atoms with Crippen LogP contribution in [0.2, 0.25) is 0 Å². The number of hydrogen-bond acceptors (Lipinski definition) is 3. The highest BCUT2D eigenvalue weighted by Gasteiger charge is 2.22. The summed E-state index contributed by atoms with van der Waals surface area (Å²) in [6.07, 6.45) is 3.44. The molecule has 0 radical (unpaired) electrons. The fourth-order valence-electron chi connectivity index (χ4n) is 2.83. The van der Waals surface area contributed by atoms with Crippen LogP contribution >= 0.6 is 0 Å². The SMILES string of the molecule is CCN(CC)c1ccc(N)cc1C(=O)N1CCCCC1. The lowest BCUT2D eigenvalue weighted by Crippen LogP contribution is -2.37. The molecule has 2 rings (SSSR count). The van der Waals surface area contributed by atoms with Gasteiger partial charge in [0.2, 0.25) is 0 Å². The molecule has 1 aliphatic rings. The summed E-state index contributed by atoms with van der Waals surface area (Å²) < 4.78 is 0. The lowest BCUT2D eigenvalue weighted by atomic mass is 10.1. The molecule has 110 valence electrons. The number of hydrogen-bond donors (Lipinski definition) is 1. The van der Waals surface area contributed by atoms with Crippen LogP contribution in [0.4, 0.5) is 11.4 Å². The van der Waals surface area contributed by atoms with Gasteiger partial charge in [-0.3, -0.25) is 4.79 Å². The summed E-state index contributed by atoms with van der Waals surface area (Å²) in [6.45, 7) is 7.72. The monoisotopic (exact) mass is 275 g/mol. The Bertz CT molecular complexity index is 463. The van der Waals surface area contributed by atoms with Crippen molar-refractivity contribution in [3.05, 3.63) is 23.8 Å². The van der Waals surface area contributed by atoms with Crippen molar-refractivity contribution in [3.63, 3.8) is 0 Å². The second kappa shape index (κ2) is 6.64. The molecule has 1 aliphatic heterocycles. The number of piperidine rings is 1. The zero-order chi connectivity index (χ0) is 14.5. The highest BCUT2D eigenvalue weighted by molar-refractivity contribution is 6.00. The first kappa shape index (κ1) is 14.7. The third-order valence-corrected chi connectivity index (χ3v) is 4.00. The van der Waals surface area contributed by atoms with E-state index in [2.05, 4.69) is 18.7 Å². The van der Waals surface area contributed by atoms with Crippen LogP contribution in [0, 0.1) is 0 Å². The average Bonchev–Trinajstić information content (AvgIpc) is 2.50. The van der Waals surface area contributed by atoms with Crippen molar-refractivity contribution in [1.82, 2.24) is 4.90 Å². The summed E-state index contributed by atoms with van der Waals surface area (Å²) in [6, 6.07) is 5.67. The first-order valence-electron chi connectivity index (χ1n) is 7.61. The molecule has 1 heterocycles. The molecule has 1 saturated heterocycles. The van der Waals surface area contributed by atoms with Crippen molar-refractivity contribution >= 4 is 17.3 Å². The summed E-state index contributed by atoms with van der Waals surface area (Å²) in [5, 5.41) is 0. The van der Waals surface area contributed by atoms with Gasteiger partial charge >= 0.3 is 0 Å². The van der Waals surface area contributed by atoms with E-state index in [-0.39, 0.29) is 5.91 Å². The summed E-state index contributed by atoms with van der Waals surface area (Å²) in [7, 11) is 0. The number of nitrogens with zero attached hydrogens (tertiary/aromatic N) is 2. The van der Waals surface area contributed by atoms with E-state index in [9.17, 15) is 4.79 Å². The number of rotatable bonds is 4. The minimum absolute atomic E-state index is 0.124. The Labute approximate surface area is 121 Å². The number of carbonyl (C=O) groups excluding carboxylic acids is 1. The van der Waals surface area contributed by atoms with E-state index in [1.807, 2.05) is 23.1 Å². The van der Waals surface area contributed by atoms with Gasteiger partial charge in [-0.15, -0.1) is 0 Å². The van der Waals surface area contributed by atoms with E-state index in [1.165, 1.54) is 6.42 Å². The lowest BCUT2D eigenvalue weighted by molar-refractivity contribution is 0.0725. The fraction of sp³-hybridized carbons (Fsp3) is 0.562. The smallest absolute Gasteiger partial charge is 0.256 e. The topological polar surface area (TPSA) is 49.6 Å². The highest BCUT2D eigenvalue weighted by atomic mass is 16.2. The van der Waals surface area contributed by atoms with E-state index in [1.54, 1.807) is 0 Å². The molecule has 0 saturated carbocycles. The van der Waals surface area contributed by atoms with Gasteiger partial charge in [0.05, 0.1) is 5.56 Å². The maximum atomic E-state index is 12.8. The molecule has 0 aromatic heterocycles. The Hall–Kier alpha value is -1.71. The normalized spacial score (nSPS) is 15.2. The minimum Gasteiger partial charge on any atom is -0.399 e. The number of benzene rings is 1. The summed E-state index contributed by atoms with van der Waals surface area (Å²) in [5.41, 5.74) is 8.29. The quantitative estimate of drug-likeness (QED) is 0.860. The standard InChI is InChI=1S/C16H25N3O/c1-3-18(4-2)15-9-8-13(17)12-14(15)16(20)19-10-6-5-7-11-19/h8-9,12H,3-7,10-11,17H2,1-2H3. The first-order chi connectivity index (χ1) is 9.67. The molecule has 20 heavy (non-hydrogen) atoms. The number of likely N-dealkylation sites (tertiary alicyclic amines) is 1. The van der Waals surface area contributed by atoms with Crippen LogP contribution in [0.5, 0.6) is 0 Å². The van der Waals surface area contributed by atoms with Crippen LogP contribution in [0.3, 0.4) is 0 Å². The van der Waals surface area contributed by atoms with Crippen molar-refractivity contribution < 1.29 is 4.79 Å². The van der Waals surface area contributed by atoms with Crippen LogP contribution < -0.4 is 10.6 Å². The number of carbonyl (C=O) groups is 1. The Morgan fingerprint density at radius 1 is 1.20 bits per heavy atom. The van der Waals surface area contributed by atoms with Crippen molar-refractivity contribution in [2.75, 3.05) is 36.8 Å². The van der Waals surface area contributed by atoms with Gasteiger partial charge in [0, 0.05) is 37.6 Å². The molecule has 1 amide bonds. The van der Waals surface area contributed by atoms with Gasteiger partial charge in [0.25, 0.3) is 5.91 Å². The molecular formula is C16H25N3O. The van der Waals surface area contributed by atoms with Gasteiger partial charge in [-0.1, -0.05) is 0 Å².